The number of aromatic nitrogens is 5. The van der Waals surface area contributed by atoms with Crippen LogP contribution in [0.25, 0.3) is 11.2 Å². The molecule has 13 nitrogen and oxygen atoms in total. The fourth-order valence-corrected chi connectivity index (χ4v) is 4.81. The topological polar surface area (TPSA) is 175 Å². The number of likely N-dealkylation sites (N-methyl/N-ethyl adjacent to an activating group) is 1. The van der Waals surface area contributed by atoms with Gasteiger partial charge in [0.15, 0.2) is 5.65 Å². The zero-order valence-corrected chi connectivity index (χ0v) is 22.6. The minimum Gasteiger partial charge on any atom is -0.465 e. The van der Waals surface area contributed by atoms with E-state index in [1.165, 1.54) is 47.2 Å². The molecule has 0 radical (unpaired) electrons. The molecule has 1 aliphatic carbocycles. The molecule has 4 rings (SSSR count). The van der Waals surface area contributed by atoms with Crippen LogP contribution in [-0.2, 0) is 16.1 Å². The third kappa shape index (κ3) is 7.10. The van der Waals surface area contributed by atoms with Gasteiger partial charge in [0.05, 0.1) is 12.2 Å². The predicted octanol–water partition coefficient (Wildman–Crippen LogP) is 2.61. The maximum Gasteiger partial charge on any atom is 0.405 e. The van der Waals surface area contributed by atoms with Gasteiger partial charge in [0.2, 0.25) is 11.8 Å². The molecule has 3 heterocycles. The highest BCUT2D eigenvalue weighted by Crippen LogP contribution is 2.33. The number of aromatic amines is 1. The molecule has 1 atom stereocenters. The molecule has 0 aliphatic heterocycles. The summed E-state index contributed by atoms with van der Waals surface area (Å²) in [6.45, 7) is 0.116. The molecule has 0 saturated heterocycles. The fraction of sp³-hybridized carbons (Fsp3) is 0.444. The van der Waals surface area contributed by atoms with Gasteiger partial charge in [-0.2, -0.15) is 0 Å². The summed E-state index contributed by atoms with van der Waals surface area (Å²) >= 11 is 0. The van der Waals surface area contributed by atoms with E-state index in [0.29, 0.717) is 17.4 Å². The van der Waals surface area contributed by atoms with Gasteiger partial charge in [-0.05, 0) is 43.9 Å². The van der Waals surface area contributed by atoms with E-state index in [9.17, 15) is 24.3 Å². The van der Waals surface area contributed by atoms with Crippen LogP contribution in [0.2, 0.25) is 0 Å². The van der Waals surface area contributed by atoms with Gasteiger partial charge in [-0.3, -0.25) is 14.4 Å². The van der Waals surface area contributed by atoms with Crippen LogP contribution in [-0.4, -0.2) is 72.6 Å². The molecule has 4 N–H and O–H groups in total. The second-order valence-electron chi connectivity index (χ2n) is 10.0. The van der Waals surface area contributed by atoms with Gasteiger partial charge in [-0.1, -0.05) is 25.3 Å². The molecule has 1 saturated carbocycles. The molecule has 40 heavy (non-hydrogen) atoms. The number of rotatable bonds is 10. The number of carbonyl (C=O) groups is 3. The van der Waals surface area contributed by atoms with Gasteiger partial charge in [0, 0.05) is 26.2 Å². The van der Waals surface area contributed by atoms with Crippen molar-refractivity contribution in [3.8, 4) is 0 Å². The van der Waals surface area contributed by atoms with Crippen molar-refractivity contribution in [3.63, 3.8) is 0 Å². The number of nitrogens with zero attached hydrogens (tertiary/aromatic N) is 5. The van der Waals surface area contributed by atoms with E-state index in [2.05, 4.69) is 30.6 Å². The summed E-state index contributed by atoms with van der Waals surface area (Å²) in [4.78, 5) is 67.1. The monoisotopic (exact) mass is 550 g/mol. The number of allylic oxidation sites excluding steroid dienone is 1. The van der Waals surface area contributed by atoms with Crippen molar-refractivity contribution in [1.82, 2.24) is 34.7 Å². The van der Waals surface area contributed by atoms with E-state index in [0.717, 1.165) is 24.1 Å². The lowest BCUT2D eigenvalue weighted by atomic mass is 9.86. The van der Waals surface area contributed by atoms with Crippen molar-refractivity contribution in [3.05, 3.63) is 58.7 Å². The van der Waals surface area contributed by atoms with Crippen LogP contribution < -0.4 is 16.2 Å². The van der Waals surface area contributed by atoms with Crippen LogP contribution in [0.3, 0.4) is 0 Å². The van der Waals surface area contributed by atoms with Crippen molar-refractivity contribution in [1.29, 1.82) is 0 Å². The Labute approximate surface area is 230 Å². The third-order valence-electron chi connectivity index (χ3n) is 6.89. The molecule has 1 fully saturated rings. The maximum atomic E-state index is 13.2. The first kappa shape index (κ1) is 28.5. The van der Waals surface area contributed by atoms with Gasteiger partial charge in [0.1, 0.15) is 29.4 Å². The summed E-state index contributed by atoms with van der Waals surface area (Å²) in [5.41, 5.74) is 1.81. The Morgan fingerprint density at radius 2 is 2.00 bits per heavy atom. The summed E-state index contributed by atoms with van der Waals surface area (Å²) in [7, 11) is 3.22. The predicted molar refractivity (Wildman–Crippen MR) is 148 cm³/mol. The summed E-state index contributed by atoms with van der Waals surface area (Å²) < 4.78 is 1.40. The number of H-pyrrole nitrogens is 1. The minimum atomic E-state index is -1.38. The lowest BCUT2D eigenvalue weighted by Gasteiger charge is -2.20. The fourth-order valence-electron chi connectivity index (χ4n) is 4.81. The maximum absolute atomic E-state index is 13.2. The first-order chi connectivity index (χ1) is 19.2. The molecule has 0 spiro atoms. The van der Waals surface area contributed by atoms with Crippen LogP contribution in [0.5, 0.6) is 0 Å². The van der Waals surface area contributed by atoms with Crippen LogP contribution in [0.1, 0.15) is 62.4 Å². The number of amides is 3. The summed E-state index contributed by atoms with van der Waals surface area (Å²) in [5.74, 6) is -0.0211. The number of nitrogens with one attached hydrogen (secondary N) is 3. The van der Waals surface area contributed by atoms with E-state index < -0.39 is 23.6 Å². The molecule has 13 heteroatoms. The van der Waals surface area contributed by atoms with E-state index in [1.54, 1.807) is 32.4 Å². The molecule has 0 aromatic carbocycles. The minimum absolute atomic E-state index is 0.00168. The lowest BCUT2D eigenvalue weighted by molar-refractivity contribution is -0.123. The molecule has 212 valence electrons. The standard InChI is InChI=1S/C27H34N8O5/c1-34(2)21(36)13-7-6-11-18(31-27(39)40)25(37)30-19-12-8-14-35(26(19)38)15-20-32-23-22(17-9-4-3-5-10-17)28-16-29-24(23)33-20/h7-8,12-14,16-18,31H,3-6,9-11,15H2,1-2H3,(H,30,37)(H,39,40)(H,28,29,32,33)/b13-7+. The molecule has 1 unspecified atom stereocenters. The van der Waals surface area contributed by atoms with Crippen LogP contribution >= 0.6 is 0 Å². The highest BCUT2D eigenvalue weighted by atomic mass is 16.4. The number of fused-ring (bicyclic) bond motifs is 1. The molecule has 3 aromatic heterocycles. The summed E-state index contributed by atoms with van der Waals surface area (Å²) in [6, 6.07) is 1.94. The van der Waals surface area contributed by atoms with Gasteiger partial charge in [-0.25, -0.2) is 19.7 Å². The number of carboxylic acid groups (broad SMARTS) is 1. The smallest absolute Gasteiger partial charge is 0.405 e. The quantitative estimate of drug-likeness (QED) is 0.279. The second-order valence-corrected chi connectivity index (χ2v) is 10.0. The van der Waals surface area contributed by atoms with Crippen molar-refractivity contribution < 1.29 is 19.5 Å². The Kier molecular flexibility index (Phi) is 9.25. The number of hydrogen-bond donors (Lipinski definition) is 4. The largest absolute Gasteiger partial charge is 0.465 e. The number of hydrogen-bond acceptors (Lipinski definition) is 7. The van der Waals surface area contributed by atoms with E-state index >= 15 is 0 Å². The zero-order chi connectivity index (χ0) is 28.6. The zero-order valence-electron chi connectivity index (χ0n) is 22.6. The van der Waals surface area contributed by atoms with Crippen molar-refractivity contribution in [2.75, 3.05) is 19.4 Å². The number of pyridine rings is 1. The lowest BCUT2D eigenvalue weighted by Crippen LogP contribution is -2.44. The van der Waals surface area contributed by atoms with Gasteiger partial charge in [-0.15, -0.1) is 0 Å². The highest BCUT2D eigenvalue weighted by molar-refractivity contribution is 5.96. The average Bonchev–Trinajstić information content (AvgIpc) is 3.35. The van der Waals surface area contributed by atoms with Crippen molar-refractivity contribution >= 4 is 34.8 Å². The normalized spacial score (nSPS) is 14.8. The molecule has 3 aromatic rings. The summed E-state index contributed by atoms with van der Waals surface area (Å²) in [6.07, 6.45) is 10.7. The van der Waals surface area contributed by atoms with Crippen molar-refractivity contribution in [2.45, 2.75) is 63.5 Å². The van der Waals surface area contributed by atoms with Gasteiger partial charge >= 0.3 is 6.09 Å². The molecule has 0 bridgehead atoms. The first-order valence-corrected chi connectivity index (χ1v) is 13.3. The van der Waals surface area contributed by atoms with Crippen LogP contribution in [0.15, 0.2) is 41.6 Å². The molecular formula is C27H34N8O5. The Morgan fingerprint density at radius 1 is 1.23 bits per heavy atom. The third-order valence-corrected chi connectivity index (χ3v) is 6.89. The SMILES string of the molecule is CN(C)C(=O)/C=C/CCC(NC(=O)O)C(=O)Nc1cccn(Cc2nc3ncnc(C4CCCCC4)c3[nH]2)c1=O. The van der Waals surface area contributed by atoms with E-state index in [4.69, 9.17) is 0 Å². The first-order valence-electron chi connectivity index (χ1n) is 13.3. The number of imidazole rings is 1. The molecule has 3 amide bonds. The summed E-state index contributed by atoms with van der Waals surface area (Å²) in [5, 5.41) is 13.9. The highest BCUT2D eigenvalue weighted by Gasteiger charge is 2.23. The van der Waals surface area contributed by atoms with Crippen LogP contribution in [0.4, 0.5) is 10.5 Å². The molecular weight excluding hydrogens is 516 g/mol. The van der Waals surface area contributed by atoms with Gasteiger partial charge in [0.25, 0.3) is 5.56 Å². The van der Waals surface area contributed by atoms with Crippen LogP contribution in [0, 0.1) is 0 Å². The van der Waals surface area contributed by atoms with Gasteiger partial charge < -0.3 is 30.2 Å². The van der Waals surface area contributed by atoms with Crippen molar-refractivity contribution in [2.24, 2.45) is 0 Å². The molecule has 1 aliphatic rings. The Balaban J connectivity index is 1.47. The van der Waals surface area contributed by atoms with E-state index in [-0.39, 0.29) is 31.0 Å². The number of anilines is 1. The Morgan fingerprint density at radius 3 is 2.73 bits per heavy atom. The van der Waals surface area contributed by atoms with E-state index in [1.807, 2.05) is 0 Å². The Hall–Kier alpha value is -4.55. The average molecular weight is 551 g/mol. The number of carbonyl (C=O) groups excluding carboxylic acids is 2. The Bertz CT molecular complexity index is 1450. The second kappa shape index (κ2) is 13.0.